The molecule has 0 aliphatic heterocycles. The maximum Gasteiger partial charge on any atom is 0.340 e. The third-order valence-corrected chi connectivity index (χ3v) is 5.00. The fourth-order valence-corrected chi connectivity index (χ4v) is 3.29. The first kappa shape index (κ1) is 24.5. The Balaban J connectivity index is 1.61. The van der Waals surface area contributed by atoms with E-state index in [4.69, 9.17) is 9.84 Å². The number of amides is 2. The molecule has 0 unspecified atom stereocenters. The molecule has 0 heterocycles. The third kappa shape index (κ3) is 6.66. The molecule has 1 atom stereocenters. The molecule has 0 aliphatic rings. The van der Waals surface area contributed by atoms with Crippen molar-refractivity contribution in [3.63, 3.8) is 0 Å². The highest BCUT2D eigenvalue weighted by molar-refractivity contribution is 6.04. The van der Waals surface area contributed by atoms with Gasteiger partial charge < -0.3 is 25.8 Å². The van der Waals surface area contributed by atoms with Crippen LogP contribution in [0.2, 0.25) is 0 Å². The fourth-order valence-electron chi connectivity index (χ4n) is 3.29. The molecule has 0 saturated carbocycles. The van der Waals surface area contributed by atoms with Gasteiger partial charge in [-0.15, -0.1) is 0 Å². The quantitative estimate of drug-likeness (QED) is 0.344. The van der Waals surface area contributed by atoms with Crippen molar-refractivity contribution >= 4 is 29.2 Å². The Hall–Kier alpha value is -4.17. The molecule has 0 spiro atoms. The van der Waals surface area contributed by atoms with E-state index < -0.39 is 18.5 Å². The number of rotatable bonds is 10. The molecule has 2 amide bonds. The van der Waals surface area contributed by atoms with Crippen LogP contribution in [0.1, 0.15) is 39.2 Å². The summed E-state index contributed by atoms with van der Waals surface area (Å²) in [7, 11) is 0. The summed E-state index contributed by atoms with van der Waals surface area (Å²) in [5.74, 6) is -1.60. The van der Waals surface area contributed by atoms with Crippen LogP contribution in [0.15, 0.2) is 78.9 Å². The van der Waals surface area contributed by atoms with Crippen molar-refractivity contribution in [1.29, 1.82) is 0 Å². The highest BCUT2D eigenvalue weighted by Crippen LogP contribution is 2.19. The number of ether oxygens (including phenoxy) is 1. The lowest BCUT2D eigenvalue weighted by Crippen LogP contribution is -2.28. The van der Waals surface area contributed by atoms with E-state index in [1.165, 1.54) is 0 Å². The number of para-hydroxylation sites is 2. The van der Waals surface area contributed by atoms with Gasteiger partial charge in [0.2, 0.25) is 0 Å². The summed E-state index contributed by atoms with van der Waals surface area (Å²) in [6.07, 6.45) is 0. The van der Waals surface area contributed by atoms with Gasteiger partial charge in [-0.25, -0.2) is 4.79 Å². The van der Waals surface area contributed by atoms with Gasteiger partial charge in [-0.1, -0.05) is 54.6 Å². The number of carbonyl (C=O) groups is 3. The Morgan fingerprint density at radius 2 is 1.47 bits per heavy atom. The Kier molecular flexibility index (Phi) is 8.76. The number of anilines is 2. The van der Waals surface area contributed by atoms with Gasteiger partial charge in [0.15, 0.2) is 6.61 Å². The summed E-state index contributed by atoms with van der Waals surface area (Å²) < 4.78 is 5.15. The minimum absolute atomic E-state index is 0.0943. The maximum atomic E-state index is 12.8. The molecule has 0 aliphatic carbocycles. The van der Waals surface area contributed by atoms with Crippen LogP contribution in [0.25, 0.3) is 0 Å². The van der Waals surface area contributed by atoms with Gasteiger partial charge in [0.05, 0.1) is 29.5 Å². The van der Waals surface area contributed by atoms with E-state index in [9.17, 15) is 14.4 Å². The minimum atomic E-state index is -0.682. The second kappa shape index (κ2) is 12.2. The number of nitrogens with one attached hydrogen (secondary N) is 3. The normalized spacial score (nSPS) is 11.2. The van der Waals surface area contributed by atoms with E-state index in [1.54, 1.807) is 48.5 Å². The molecule has 4 N–H and O–H groups in total. The monoisotopic (exact) mass is 461 g/mol. The predicted octanol–water partition coefficient (Wildman–Crippen LogP) is 3.38. The summed E-state index contributed by atoms with van der Waals surface area (Å²) in [5.41, 5.74) is 2.31. The van der Waals surface area contributed by atoms with Crippen LogP contribution in [0.4, 0.5) is 11.4 Å². The van der Waals surface area contributed by atoms with Crippen molar-refractivity contribution in [1.82, 2.24) is 5.32 Å². The highest BCUT2D eigenvalue weighted by Gasteiger charge is 2.18. The average Bonchev–Trinajstić information content (AvgIpc) is 2.87. The average molecular weight is 462 g/mol. The Bertz CT molecular complexity index is 1130. The molecule has 0 fully saturated rings. The van der Waals surface area contributed by atoms with Crippen molar-refractivity contribution in [3.05, 3.63) is 95.6 Å². The first-order chi connectivity index (χ1) is 16.5. The Morgan fingerprint density at radius 1 is 0.853 bits per heavy atom. The molecule has 0 bridgehead atoms. The molecule has 0 radical (unpaired) electrons. The molecule has 3 rings (SSSR count). The lowest BCUT2D eigenvalue weighted by atomic mass is 10.1. The fraction of sp³-hybridized carbons (Fsp3) is 0.192. The zero-order valence-electron chi connectivity index (χ0n) is 18.8. The van der Waals surface area contributed by atoms with E-state index in [0.717, 1.165) is 5.56 Å². The van der Waals surface area contributed by atoms with Crippen molar-refractivity contribution < 1.29 is 24.2 Å². The first-order valence-electron chi connectivity index (χ1n) is 10.8. The van der Waals surface area contributed by atoms with Crippen LogP contribution in [0, 0.1) is 0 Å². The number of benzene rings is 3. The van der Waals surface area contributed by atoms with E-state index >= 15 is 0 Å². The molecule has 0 saturated heterocycles. The van der Waals surface area contributed by atoms with Gasteiger partial charge >= 0.3 is 5.97 Å². The zero-order valence-corrected chi connectivity index (χ0v) is 18.8. The Labute approximate surface area is 198 Å². The van der Waals surface area contributed by atoms with Gasteiger partial charge in [0.25, 0.3) is 11.8 Å². The molecule has 8 nitrogen and oxygen atoms in total. The predicted molar refractivity (Wildman–Crippen MR) is 130 cm³/mol. The first-order valence-corrected chi connectivity index (χ1v) is 10.8. The second-order valence-electron chi connectivity index (χ2n) is 7.47. The van der Waals surface area contributed by atoms with Crippen LogP contribution in [-0.2, 0) is 9.53 Å². The molecular weight excluding hydrogens is 434 g/mol. The molecule has 3 aromatic rings. The summed E-state index contributed by atoms with van der Waals surface area (Å²) in [6, 6.07) is 22.6. The smallest absolute Gasteiger partial charge is 0.340 e. The number of aliphatic hydroxyl groups is 1. The number of hydrogen-bond donors (Lipinski definition) is 4. The largest absolute Gasteiger partial charge is 0.452 e. The second-order valence-corrected chi connectivity index (χ2v) is 7.47. The highest BCUT2D eigenvalue weighted by atomic mass is 16.5. The Morgan fingerprint density at radius 3 is 2.18 bits per heavy atom. The van der Waals surface area contributed by atoms with Gasteiger partial charge in [0, 0.05) is 12.2 Å². The topological polar surface area (TPSA) is 117 Å². The van der Waals surface area contributed by atoms with Crippen LogP contribution >= 0.6 is 0 Å². The summed E-state index contributed by atoms with van der Waals surface area (Å²) in [5, 5.41) is 17.5. The van der Waals surface area contributed by atoms with Gasteiger partial charge in [-0.3, -0.25) is 9.59 Å². The van der Waals surface area contributed by atoms with Crippen molar-refractivity contribution in [2.24, 2.45) is 0 Å². The van der Waals surface area contributed by atoms with Crippen LogP contribution < -0.4 is 16.0 Å². The molecule has 3 aromatic carbocycles. The van der Waals surface area contributed by atoms with Crippen molar-refractivity contribution in [3.8, 4) is 0 Å². The van der Waals surface area contributed by atoms with E-state index in [1.807, 2.05) is 37.3 Å². The zero-order chi connectivity index (χ0) is 24.3. The molecular formula is C26H27N3O5. The summed E-state index contributed by atoms with van der Waals surface area (Å²) >= 11 is 0. The number of aliphatic hydroxyl groups excluding tert-OH is 1. The van der Waals surface area contributed by atoms with Gasteiger partial charge in [0.1, 0.15) is 0 Å². The minimum Gasteiger partial charge on any atom is -0.452 e. The van der Waals surface area contributed by atoms with Gasteiger partial charge in [-0.2, -0.15) is 0 Å². The van der Waals surface area contributed by atoms with Crippen molar-refractivity contribution in [2.45, 2.75) is 13.0 Å². The van der Waals surface area contributed by atoms with Crippen molar-refractivity contribution in [2.75, 3.05) is 30.4 Å². The SMILES string of the molecule is C[C@@H](NC(=O)c1ccccc1NC(=O)COC(=O)c1ccccc1NCCO)c1ccccc1. The van der Waals surface area contributed by atoms with Crippen LogP contribution in [-0.4, -0.2) is 42.6 Å². The van der Waals surface area contributed by atoms with E-state index in [-0.39, 0.29) is 30.7 Å². The maximum absolute atomic E-state index is 12.8. The van der Waals surface area contributed by atoms with E-state index in [2.05, 4.69) is 16.0 Å². The summed E-state index contributed by atoms with van der Waals surface area (Å²) in [6.45, 7) is 1.53. The number of carbonyl (C=O) groups excluding carboxylic acids is 3. The van der Waals surface area contributed by atoms with Crippen LogP contribution in [0.5, 0.6) is 0 Å². The summed E-state index contributed by atoms with van der Waals surface area (Å²) in [4.78, 5) is 37.7. The van der Waals surface area contributed by atoms with Crippen LogP contribution in [0.3, 0.4) is 0 Å². The lowest BCUT2D eigenvalue weighted by molar-refractivity contribution is -0.119. The van der Waals surface area contributed by atoms with E-state index in [0.29, 0.717) is 16.9 Å². The molecule has 0 aromatic heterocycles. The standard InChI is InChI=1S/C26H27N3O5/c1-18(19-9-3-2-4-10-19)28-25(32)20-11-5-8-14-23(20)29-24(31)17-34-26(33)21-12-6-7-13-22(21)27-15-16-30/h2-14,18,27,30H,15-17H2,1H3,(H,28,32)(H,29,31)/t18-/m1/s1. The number of esters is 1. The van der Waals surface area contributed by atoms with Gasteiger partial charge in [-0.05, 0) is 36.8 Å². The third-order valence-electron chi connectivity index (χ3n) is 5.00. The number of hydrogen-bond acceptors (Lipinski definition) is 6. The molecule has 176 valence electrons. The molecule has 8 heteroatoms. The molecule has 34 heavy (non-hydrogen) atoms. The lowest BCUT2D eigenvalue weighted by Gasteiger charge is -2.16.